The minimum Gasteiger partial charge on any atom is -0.377 e. The zero-order valence-corrected chi connectivity index (χ0v) is 9.36. The first-order valence-electron chi connectivity index (χ1n) is 4.74. The first-order valence-corrected chi connectivity index (χ1v) is 5.72. The zero-order valence-electron chi connectivity index (χ0n) is 8.54. The minimum absolute atomic E-state index is 0.309. The van der Waals surface area contributed by atoms with Gasteiger partial charge >= 0.3 is 0 Å². The molecular weight excluding hydrogens is 184 g/mol. The monoisotopic (exact) mass is 202 g/mol. The summed E-state index contributed by atoms with van der Waals surface area (Å²) < 4.78 is 5.38. The summed E-state index contributed by atoms with van der Waals surface area (Å²) in [6.07, 6.45) is 0.309. The van der Waals surface area contributed by atoms with Crippen LogP contribution in [0.2, 0.25) is 0 Å². The quantitative estimate of drug-likeness (QED) is 0.701. The van der Waals surface area contributed by atoms with Gasteiger partial charge in [-0.1, -0.05) is 11.8 Å². The van der Waals surface area contributed by atoms with Crippen LogP contribution in [0.3, 0.4) is 0 Å². The average molecular weight is 202 g/mol. The van der Waals surface area contributed by atoms with Crippen molar-refractivity contribution in [1.29, 1.82) is 0 Å². The largest absolute Gasteiger partial charge is 0.377 e. The summed E-state index contributed by atoms with van der Waals surface area (Å²) in [5.74, 6) is 1.13. The third-order valence-corrected chi connectivity index (χ3v) is 2.82. The van der Waals surface area contributed by atoms with E-state index in [1.165, 1.54) is 0 Å². The molecule has 0 aromatic heterocycles. The highest BCUT2D eigenvalue weighted by molar-refractivity contribution is 8.14. The summed E-state index contributed by atoms with van der Waals surface area (Å²) in [7, 11) is 0. The molecule has 1 atom stereocenters. The Morgan fingerprint density at radius 1 is 1.69 bits per heavy atom. The maximum atomic E-state index is 5.38. The molecule has 3 nitrogen and oxygen atoms in total. The Morgan fingerprint density at radius 3 is 3.00 bits per heavy atom. The third-order valence-electron chi connectivity index (χ3n) is 1.64. The van der Waals surface area contributed by atoms with E-state index in [4.69, 9.17) is 4.74 Å². The maximum Gasteiger partial charge on any atom is 0.156 e. The fourth-order valence-electron chi connectivity index (χ4n) is 1.02. The highest BCUT2D eigenvalue weighted by atomic mass is 32.2. The van der Waals surface area contributed by atoms with E-state index in [0.29, 0.717) is 12.1 Å². The second-order valence-corrected chi connectivity index (χ2v) is 4.47. The van der Waals surface area contributed by atoms with Crippen molar-refractivity contribution in [2.75, 3.05) is 18.9 Å². The first-order chi connectivity index (χ1) is 6.18. The van der Waals surface area contributed by atoms with E-state index in [9.17, 15) is 0 Å². The van der Waals surface area contributed by atoms with Crippen molar-refractivity contribution < 1.29 is 4.74 Å². The molecule has 1 rings (SSSR count). The highest BCUT2D eigenvalue weighted by Gasteiger charge is 2.14. The number of hydrogen-bond donors (Lipinski definition) is 1. The van der Waals surface area contributed by atoms with Gasteiger partial charge in [-0.25, -0.2) is 0 Å². The molecule has 1 fully saturated rings. The lowest BCUT2D eigenvalue weighted by atomic mass is 10.4. The van der Waals surface area contributed by atoms with E-state index in [-0.39, 0.29) is 0 Å². The molecule has 1 N–H and O–H groups in total. The van der Waals surface area contributed by atoms with E-state index in [1.54, 1.807) is 11.8 Å². The molecule has 0 bridgehead atoms. The molecule has 0 aliphatic carbocycles. The molecule has 4 heteroatoms. The average Bonchev–Trinajstić information content (AvgIpc) is 2.45. The van der Waals surface area contributed by atoms with Crippen molar-refractivity contribution >= 4 is 16.9 Å². The Kier molecular flexibility index (Phi) is 4.59. The predicted molar refractivity (Wildman–Crippen MR) is 58.4 cm³/mol. The molecule has 1 aliphatic heterocycles. The van der Waals surface area contributed by atoms with Gasteiger partial charge in [-0.15, -0.1) is 0 Å². The lowest BCUT2D eigenvalue weighted by Crippen LogP contribution is -2.23. The number of amidine groups is 1. The first kappa shape index (κ1) is 10.9. The number of thioether (sulfide) groups is 1. The van der Waals surface area contributed by atoms with Crippen molar-refractivity contribution in [3.63, 3.8) is 0 Å². The second kappa shape index (κ2) is 5.50. The molecule has 13 heavy (non-hydrogen) atoms. The summed E-state index contributed by atoms with van der Waals surface area (Å²) in [6, 6.07) is 0.565. The van der Waals surface area contributed by atoms with Gasteiger partial charge in [-0.05, 0) is 20.8 Å². The van der Waals surface area contributed by atoms with Crippen LogP contribution in [-0.4, -0.2) is 36.2 Å². The van der Waals surface area contributed by atoms with E-state index in [0.717, 1.165) is 24.1 Å². The molecule has 0 radical (unpaired) electrons. The molecular formula is C9H18N2OS. The van der Waals surface area contributed by atoms with E-state index >= 15 is 0 Å². The summed E-state index contributed by atoms with van der Waals surface area (Å²) >= 11 is 1.79. The van der Waals surface area contributed by atoms with Crippen molar-refractivity contribution in [2.45, 2.75) is 32.9 Å². The van der Waals surface area contributed by atoms with Gasteiger partial charge in [0.25, 0.3) is 0 Å². The molecule has 0 saturated carbocycles. The van der Waals surface area contributed by atoms with E-state index in [1.807, 2.05) is 13.8 Å². The van der Waals surface area contributed by atoms with Crippen molar-refractivity contribution in [2.24, 2.45) is 4.99 Å². The fourth-order valence-corrected chi connectivity index (χ4v) is 1.98. The Hall–Kier alpha value is -0.220. The summed E-state index contributed by atoms with van der Waals surface area (Å²) in [6.45, 7) is 7.73. The maximum absolute atomic E-state index is 5.38. The third kappa shape index (κ3) is 4.52. The Morgan fingerprint density at radius 2 is 2.46 bits per heavy atom. The molecule has 1 aliphatic rings. The Bertz CT molecular complexity index is 182. The van der Waals surface area contributed by atoms with Crippen LogP contribution >= 0.6 is 11.8 Å². The van der Waals surface area contributed by atoms with Crippen molar-refractivity contribution in [1.82, 2.24) is 5.32 Å². The Balaban J connectivity index is 2.10. The fraction of sp³-hybridized carbons (Fsp3) is 0.889. The van der Waals surface area contributed by atoms with Crippen LogP contribution in [0.5, 0.6) is 0 Å². The van der Waals surface area contributed by atoms with Crippen LogP contribution in [0.15, 0.2) is 4.99 Å². The lowest BCUT2D eigenvalue weighted by Gasteiger charge is -2.05. The molecule has 1 unspecified atom stereocenters. The van der Waals surface area contributed by atoms with E-state index < -0.39 is 0 Å². The summed E-state index contributed by atoms with van der Waals surface area (Å²) in [4.78, 5) is 4.39. The molecule has 76 valence electrons. The SMILES string of the molecule is CC1CSC(=NCCOC(C)C)N1. The number of nitrogens with one attached hydrogen (secondary N) is 1. The van der Waals surface area contributed by atoms with Gasteiger partial charge in [0.05, 0.1) is 19.3 Å². The Labute approximate surface area is 84.3 Å². The standard InChI is InChI=1S/C9H18N2OS/c1-7(2)12-5-4-10-9-11-8(3)6-13-9/h7-8H,4-6H2,1-3H3,(H,10,11). The van der Waals surface area contributed by atoms with Gasteiger partial charge in [0.2, 0.25) is 0 Å². The number of hydrogen-bond acceptors (Lipinski definition) is 3. The second-order valence-electron chi connectivity index (χ2n) is 3.46. The molecule has 0 aromatic rings. The van der Waals surface area contributed by atoms with Gasteiger partial charge in [0, 0.05) is 11.8 Å². The normalized spacial score (nSPS) is 25.5. The van der Waals surface area contributed by atoms with Gasteiger partial charge in [-0.3, -0.25) is 4.99 Å². The molecule has 0 spiro atoms. The van der Waals surface area contributed by atoms with Crippen molar-refractivity contribution in [3.8, 4) is 0 Å². The number of nitrogens with zero attached hydrogens (tertiary/aromatic N) is 1. The van der Waals surface area contributed by atoms with Crippen molar-refractivity contribution in [3.05, 3.63) is 0 Å². The van der Waals surface area contributed by atoms with Crippen LogP contribution in [-0.2, 0) is 4.74 Å². The van der Waals surface area contributed by atoms with Gasteiger partial charge < -0.3 is 10.1 Å². The van der Waals surface area contributed by atoms with Crippen LogP contribution < -0.4 is 5.32 Å². The summed E-state index contributed by atoms with van der Waals surface area (Å²) in [5, 5.41) is 4.37. The van der Waals surface area contributed by atoms with Gasteiger partial charge in [0.15, 0.2) is 5.17 Å². The lowest BCUT2D eigenvalue weighted by molar-refractivity contribution is 0.0853. The van der Waals surface area contributed by atoms with Crippen LogP contribution in [0, 0.1) is 0 Å². The smallest absolute Gasteiger partial charge is 0.156 e. The van der Waals surface area contributed by atoms with Gasteiger partial charge in [0.1, 0.15) is 0 Å². The molecule has 1 heterocycles. The zero-order chi connectivity index (χ0) is 9.68. The minimum atomic E-state index is 0.309. The number of aliphatic imine (C=N–C) groups is 1. The van der Waals surface area contributed by atoms with Crippen LogP contribution in [0.1, 0.15) is 20.8 Å². The van der Waals surface area contributed by atoms with Crippen LogP contribution in [0.4, 0.5) is 0 Å². The molecule has 0 aromatic carbocycles. The summed E-state index contributed by atoms with van der Waals surface area (Å²) in [5.41, 5.74) is 0. The predicted octanol–water partition coefficient (Wildman–Crippen LogP) is 1.49. The molecule has 0 amide bonds. The van der Waals surface area contributed by atoms with Crippen LogP contribution in [0.25, 0.3) is 0 Å². The molecule has 1 saturated heterocycles. The highest BCUT2D eigenvalue weighted by Crippen LogP contribution is 2.12. The number of rotatable bonds is 4. The van der Waals surface area contributed by atoms with Gasteiger partial charge in [-0.2, -0.15) is 0 Å². The number of ether oxygens (including phenoxy) is 1. The topological polar surface area (TPSA) is 33.6 Å². The van der Waals surface area contributed by atoms with E-state index in [2.05, 4.69) is 17.2 Å².